The topological polar surface area (TPSA) is 46.5 Å². The summed E-state index contributed by atoms with van der Waals surface area (Å²) in [4.78, 5) is 25.4. The van der Waals surface area contributed by atoms with Gasteiger partial charge in [0, 0.05) is 12.0 Å². The molecule has 0 aliphatic carbocycles. The first-order valence-electron chi connectivity index (χ1n) is 16.0. The number of rotatable bonds is 14. The Morgan fingerprint density at radius 2 is 1.37 bits per heavy atom. The van der Waals surface area contributed by atoms with Crippen LogP contribution in [0.25, 0.3) is 0 Å². The molecule has 0 saturated carbocycles. The molecule has 0 aliphatic heterocycles. The molecule has 1 unspecified atom stereocenters. The number of hydrogen-bond acceptors (Lipinski definition) is 3. The van der Waals surface area contributed by atoms with E-state index in [0.29, 0.717) is 18.4 Å². The first-order valence-corrected chi connectivity index (χ1v) is 16.0. The quantitative estimate of drug-likeness (QED) is 0.159. The van der Waals surface area contributed by atoms with E-state index >= 15 is 0 Å². The van der Waals surface area contributed by atoms with E-state index in [4.69, 9.17) is 0 Å². The number of halogens is 3. The third-order valence-corrected chi connectivity index (χ3v) is 7.08. The fraction of sp³-hybridized carbons (Fsp3) is 0.595. The molecule has 2 rings (SSSR count). The molecule has 0 amide bonds. The van der Waals surface area contributed by atoms with Crippen LogP contribution in [-0.4, -0.2) is 18.3 Å². The highest BCUT2D eigenvalue weighted by molar-refractivity contribution is 5.95. The molecule has 0 saturated heterocycles. The summed E-state index contributed by atoms with van der Waals surface area (Å²) in [6.45, 7) is 21.7. The normalized spacial score (nSPS) is 11.2. The number of carbonyl (C=O) groups excluding carboxylic acids is 2. The van der Waals surface area contributed by atoms with Gasteiger partial charge in [-0.2, -0.15) is 13.2 Å². The molecule has 0 fully saturated rings. The van der Waals surface area contributed by atoms with Gasteiger partial charge < -0.3 is 4.79 Å². The van der Waals surface area contributed by atoms with Crippen molar-refractivity contribution in [2.75, 3.05) is 0 Å². The second-order valence-electron chi connectivity index (χ2n) is 11.0. The molecule has 0 radical (unpaired) electrons. The monoisotopic (exact) mass is 605 g/mol. The number of alkyl halides is 3. The minimum absolute atomic E-state index is 0.0369. The van der Waals surface area contributed by atoms with Gasteiger partial charge in [-0.25, -0.2) is 0 Å². The van der Waals surface area contributed by atoms with Crippen molar-refractivity contribution in [2.24, 2.45) is 16.8 Å². The highest BCUT2D eigenvalue weighted by atomic mass is 19.4. The molecule has 0 spiro atoms. The number of carbonyl (C=O) groups is 2. The Hall–Kier alpha value is -2.76. The van der Waals surface area contributed by atoms with Gasteiger partial charge in [-0.1, -0.05) is 117 Å². The van der Waals surface area contributed by atoms with Crippen LogP contribution in [0, 0.1) is 18.8 Å². The smallest absolute Gasteiger partial charge is 0.300 e. The van der Waals surface area contributed by atoms with Crippen LogP contribution >= 0.6 is 0 Å². The lowest BCUT2D eigenvalue weighted by molar-refractivity contribution is -0.137. The molecular weight excluding hydrogens is 547 g/mol. The van der Waals surface area contributed by atoms with E-state index < -0.39 is 11.7 Å². The largest absolute Gasteiger partial charge is 0.416 e. The van der Waals surface area contributed by atoms with Gasteiger partial charge in [0.05, 0.1) is 11.3 Å². The van der Waals surface area contributed by atoms with Crippen molar-refractivity contribution in [3.05, 3.63) is 64.7 Å². The Balaban J connectivity index is 0. The molecule has 0 heterocycles. The van der Waals surface area contributed by atoms with Crippen LogP contribution in [0.2, 0.25) is 0 Å². The highest BCUT2D eigenvalue weighted by Gasteiger charge is 2.29. The van der Waals surface area contributed by atoms with E-state index in [9.17, 15) is 22.8 Å². The molecule has 2 aromatic carbocycles. The standard InChI is InChI=1S/C14H30.C11H11F3O.C10H11NO.C2H6/c1-5-8-13(4)11-12-14(9-6-2)10-7-3;1-8(15)2-3-9-4-6-10(7-5-9)11(12,13)14;1-7-4-5-9(8(2)12)6-10(7)11-3;1-2/h13-14H,5-12H2,1-4H3;4-7H,2-3H2,1H3;4-6H,3H2,1-2H3;1-2H3. The molecule has 3 nitrogen and oxygen atoms in total. The Morgan fingerprint density at radius 1 is 0.837 bits per heavy atom. The zero-order valence-corrected chi connectivity index (χ0v) is 28.4. The average Bonchev–Trinajstić information content (AvgIpc) is 2.97. The number of aryl methyl sites for hydroxylation is 2. The Bertz CT molecular complexity index is 1020. The molecule has 0 N–H and O–H groups in total. The maximum absolute atomic E-state index is 12.2. The van der Waals surface area contributed by atoms with E-state index in [1.807, 2.05) is 26.8 Å². The minimum atomic E-state index is -4.29. The molecule has 0 aliphatic rings. The van der Waals surface area contributed by atoms with Crippen LogP contribution in [0.1, 0.15) is 140 Å². The van der Waals surface area contributed by atoms with Gasteiger partial charge in [-0.05, 0) is 75.1 Å². The van der Waals surface area contributed by atoms with Crippen molar-refractivity contribution in [2.45, 2.75) is 133 Å². The fourth-order valence-corrected chi connectivity index (χ4v) is 4.59. The number of aliphatic imine (C=N–C) groups is 1. The number of benzene rings is 2. The third kappa shape index (κ3) is 20.7. The summed E-state index contributed by atoms with van der Waals surface area (Å²) in [5, 5.41) is 0. The lowest BCUT2D eigenvalue weighted by Gasteiger charge is -2.17. The second-order valence-corrected chi connectivity index (χ2v) is 11.0. The highest BCUT2D eigenvalue weighted by Crippen LogP contribution is 2.29. The van der Waals surface area contributed by atoms with Crippen LogP contribution in [0.4, 0.5) is 18.9 Å². The molecule has 6 heteroatoms. The van der Waals surface area contributed by atoms with E-state index in [-0.39, 0.29) is 11.6 Å². The van der Waals surface area contributed by atoms with Crippen molar-refractivity contribution in [1.29, 1.82) is 0 Å². The molecular formula is C37H58F3NO2. The van der Waals surface area contributed by atoms with Crippen LogP contribution in [0.3, 0.4) is 0 Å². The summed E-state index contributed by atoms with van der Waals surface area (Å²) in [6.07, 6.45) is 7.91. The van der Waals surface area contributed by atoms with Crippen LogP contribution in [0.5, 0.6) is 0 Å². The van der Waals surface area contributed by atoms with Crippen LogP contribution in [0.15, 0.2) is 47.5 Å². The lowest BCUT2D eigenvalue weighted by atomic mass is 9.89. The van der Waals surface area contributed by atoms with Crippen molar-refractivity contribution >= 4 is 24.0 Å². The van der Waals surface area contributed by atoms with E-state index in [2.05, 4.69) is 39.4 Å². The Morgan fingerprint density at radius 3 is 1.79 bits per heavy atom. The number of nitrogens with zero attached hydrogens (tertiary/aromatic N) is 1. The molecule has 1 atom stereocenters. The maximum Gasteiger partial charge on any atom is 0.416 e. The predicted octanol–water partition coefficient (Wildman–Crippen LogP) is 12.2. The molecule has 2 aromatic rings. The van der Waals surface area contributed by atoms with Gasteiger partial charge in [0.1, 0.15) is 5.78 Å². The first kappa shape index (κ1) is 42.4. The summed E-state index contributed by atoms with van der Waals surface area (Å²) in [5.74, 6) is 2.07. The second kappa shape index (κ2) is 24.7. The summed E-state index contributed by atoms with van der Waals surface area (Å²) < 4.78 is 36.5. The minimum Gasteiger partial charge on any atom is -0.300 e. The molecule has 0 aromatic heterocycles. The molecule has 0 bridgehead atoms. The molecule has 244 valence electrons. The fourth-order valence-electron chi connectivity index (χ4n) is 4.59. The first-order chi connectivity index (χ1) is 20.3. The van der Waals surface area contributed by atoms with E-state index in [0.717, 1.165) is 40.8 Å². The number of ketones is 2. The van der Waals surface area contributed by atoms with E-state index in [1.165, 1.54) is 77.3 Å². The summed E-state index contributed by atoms with van der Waals surface area (Å²) in [5.41, 5.74) is 2.59. The zero-order chi connectivity index (χ0) is 33.4. The summed E-state index contributed by atoms with van der Waals surface area (Å²) >= 11 is 0. The van der Waals surface area contributed by atoms with Crippen molar-refractivity contribution in [3.63, 3.8) is 0 Å². The Kier molecular flexibility index (Phi) is 24.3. The van der Waals surface area contributed by atoms with E-state index in [1.54, 1.807) is 12.1 Å². The van der Waals surface area contributed by atoms with Gasteiger partial charge in [-0.15, -0.1) is 0 Å². The number of hydrogen-bond donors (Lipinski definition) is 0. The average molecular weight is 606 g/mol. The van der Waals surface area contributed by atoms with Crippen molar-refractivity contribution in [1.82, 2.24) is 0 Å². The summed E-state index contributed by atoms with van der Waals surface area (Å²) in [7, 11) is 0. The van der Waals surface area contributed by atoms with Crippen molar-refractivity contribution < 1.29 is 22.8 Å². The zero-order valence-electron chi connectivity index (χ0n) is 28.4. The Labute approximate surface area is 260 Å². The predicted molar refractivity (Wildman–Crippen MR) is 179 cm³/mol. The van der Waals surface area contributed by atoms with Gasteiger partial charge in [-0.3, -0.25) is 9.79 Å². The van der Waals surface area contributed by atoms with Gasteiger partial charge in [0.25, 0.3) is 0 Å². The number of Topliss-reactive ketones (excluding diaryl/α,β-unsaturated/α-hetero) is 2. The van der Waals surface area contributed by atoms with Gasteiger partial charge >= 0.3 is 6.18 Å². The van der Waals surface area contributed by atoms with Crippen LogP contribution < -0.4 is 0 Å². The van der Waals surface area contributed by atoms with Gasteiger partial charge in [0.2, 0.25) is 0 Å². The SMILES string of the molecule is C=Nc1cc(C(C)=O)ccc1C.CC.CC(=O)CCc1ccc(C(F)(F)F)cc1.CCCC(C)CCC(CCC)CCC. The van der Waals surface area contributed by atoms with Crippen molar-refractivity contribution in [3.8, 4) is 0 Å². The van der Waals surface area contributed by atoms with Crippen LogP contribution in [-0.2, 0) is 17.4 Å². The maximum atomic E-state index is 12.2. The third-order valence-electron chi connectivity index (χ3n) is 7.08. The summed E-state index contributed by atoms with van der Waals surface area (Å²) in [6, 6.07) is 10.3. The lowest BCUT2D eigenvalue weighted by Crippen LogP contribution is -2.04. The molecule has 43 heavy (non-hydrogen) atoms. The van der Waals surface area contributed by atoms with Gasteiger partial charge in [0.15, 0.2) is 5.78 Å².